The minimum absolute atomic E-state index is 0.0329. The van der Waals surface area contributed by atoms with Crippen LogP contribution in [0.4, 0.5) is 5.69 Å². The Labute approximate surface area is 121 Å². The lowest BCUT2D eigenvalue weighted by molar-refractivity contribution is 0.276. The van der Waals surface area contributed by atoms with Crippen LogP contribution >= 0.6 is 15.9 Å². The van der Waals surface area contributed by atoms with E-state index in [-0.39, 0.29) is 12.6 Å². The first-order valence-electron chi connectivity index (χ1n) is 6.29. The second kappa shape index (κ2) is 6.21. The highest BCUT2D eigenvalue weighted by atomic mass is 79.9. The van der Waals surface area contributed by atoms with Crippen LogP contribution in [-0.4, -0.2) is 21.5 Å². The van der Waals surface area contributed by atoms with Gasteiger partial charge in [-0.2, -0.15) is 5.10 Å². The maximum atomic E-state index is 9.63. The fourth-order valence-electron chi connectivity index (χ4n) is 2.12. The Hall–Kier alpha value is -1.33. The molecule has 2 rings (SSSR count). The predicted molar refractivity (Wildman–Crippen MR) is 80.2 cm³/mol. The van der Waals surface area contributed by atoms with Gasteiger partial charge in [0.1, 0.15) is 0 Å². The molecule has 0 saturated heterocycles. The number of aliphatic hydroxyl groups is 1. The van der Waals surface area contributed by atoms with Crippen LogP contribution in [0, 0.1) is 0 Å². The van der Waals surface area contributed by atoms with E-state index in [1.807, 2.05) is 37.5 Å². The first kappa shape index (κ1) is 14.1. The molecular formula is C14H18BrN3O. The molecule has 1 aromatic carbocycles. The van der Waals surface area contributed by atoms with Crippen LogP contribution in [-0.2, 0) is 13.5 Å². The summed E-state index contributed by atoms with van der Waals surface area (Å²) in [5.41, 5.74) is 3.04. The number of hydrogen-bond acceptors (Lipinski definition) is 3. The van der Waals surface area contributed by atoms with Crippen LogP contribution in [0.3, 0.4) is 0 Å². The van der Waals surface area contributed by atoms with Gasteiger partial charge >= 0.3 is 0 Å². The van der Waals surface area contributed by atoms with Gasteiger partial charge in [-0.25, -0.2) is 0 Å². The summed E-state index contributed by atoms with van der Waals surface area (Å²) in [5, 5.41) is 17.4. The molecule has 0 saturated carbocycles. The molecule has 0 aliphatic carbocycles. The average molecular weight is 324 g/mol. The zero-order valence-electron chi connectivity index (χ0n) is 11.1. The van der Waals surface area contributed by atoms with Crippen molar-refractivity contribution < 1.29 is 5.11 Å². The average Bonchev–Trinajstić information content (AvgIpc) is 2.77. The van der Waals surface area contributed by atoms with Gasteiger partial charge in [-0.3, -0.25) is 4.68 Å². The predicted octanol–water partition coefficient (Wildman–Crippen LogP) is 2.89. The van der Waals surface area contributed by atoms with Crippen molar-refractivity contribution in [1.82, 2.24) is 9.78 Å². The Kier molecular flexibility index (Phi) is 4.61. The number of rotatable bonds is 5. The molecule has 0 spiro atoms. The molecule has 1 unspecified atom stereocenters. The maximum absolute atomic E-state index is 9.63. The molecule has 19 heavy (non-hydrogen) atoms. The molecule has 4 nitrogen and oxygen atoms in total. The number of aryl methyl sites for hydroxylation is 2. The van der Waals surface area contributed by atoms with Crippen LogP contribution in [0.2, 0.25) is 0 Å². The van der Waals surface area contributed by atoms with Gasteiger partial charge in [-0.1, -0.05) is 28.9 Å². The van der Waals surface area contributed by atoms with Gasteiger partial charge < -0.3 is 10.4 Å². The molecule has 0 fully saturated rings. The Morgan fingerprint density at radius 1 is 1.47 bits per heavy atom. The van der Waals surface area contributed by atoms with E-state index < -0.39 is 0 Å². The molecule has 1 aromatic heterocycles. The summed E-state index contributed by atoms with van der Waals surface area (Å²) in [4.78, 5) is 0. The number of aromatic nitrogens is 2. The molecule has 0 radical (unpaired) electrons. The summed E-state index contributed by atoms with van der Waals surface area (Å²) in [6.45, 7) is 2.10. The SMILES string of the molecule is CCc1nn(C)cc1C(CO)Nc1cccc(Br)c1. The van der Waals surface area contributed by atoms with Crippen molar-refractivity contribution in [2.75, 3.05) is 11.9 Å². The third-order valence-corrected chi connectivity index (χ3v) is 3.49. The maximum Gasteiger partial charge on any atom is 0.0778 e. The summed E-state index contributed by atoms with van der Waals surface area (Å²) < 4.78 is 2.80. The molecule has 1 atom stereocenters. The normalized spacial score (nSPS) is 12.4. The molecule has 1 heterocycles. The number of hydrogen-bond donors (Lipinski definition) is 2. The van der Waals surface area contributed by atoms with Crippen molar-refractivity contribution in [1.29, 1.82) is 0 Å². The lowest BCUT2D eigenvalue weighted by atomic mass is 10.1. The number of nitrogens with zero attached hydrogens (tertiary/aromatic N) is 2. The summed E-state index contributed by atoms with van der Waals surface area (Å²) >= 11 is 3.44. The summed E-state index contributed by atoms with van der Waals surface area (Å²) in [6.07, 6.45) is 2.82. The number of benzene rings is 1. The van der Waals surface area contributed by atoms with Gasteiger partial charge in [-0.15, -0.1) is 0 Å². The minimum atomic E-state index is -0.141. The Bertz CT molecular complexity index is 553. The Morgan fingerprint density at radius 2 is 2.26 bits per heavy atom. The third-order valence-electron chi connectivity index (χ3n) is 3.00. The molecule has 2 N–H and O–H groups in total. The van der Waals surface area contributed by atoms with E-state index in [9.17, 15) is 5.11 Å². The van der Waals surface area contributed by atoms with E-state index in [2.05, 4.69) is 33.3 Å². The highest BCUT2D eigenvalue weighted by molar-refractivity contribution is 9.10. The summed E-state index contributed by atoms with van der Waals surface area (Å²) in [6, 6.07) is 7.77. The third kappa shape index (κ3) is 3.36. The van der Waals surface area contributed by atoms with Crippen molar-refractivity contribution >= 4 is 21.6 Å². The molecule has 0 aliphatic heterocycles. The van der Waals surface area contributed by atoms with Crippen molar-refractivity contribution in [2.45, 2.75) is 19.4 Å². The smallest absolute Gasteiger partial charge is 0.0778 e. The first-order chi connectivity index (χ1) is 9.13. The van der Waals surface area contributed by atoms with Crippen molar-refractivity contribution in [3.05, 3.63) is 46.2 Å². The topological polar surface area (TPSA) is 50.1 Å². The Balaban J connectivity index is 2.24. The zero-order chi connectivity index (χ0) is 13.8. The minimum Gasteiger partial charge on any atom is -0.394 e. The molecule has 5 heteroatoms. The van der Waals surface area contributed by atoms with Gasteiger partial charge in [-0.05, 0) is 24.6 Å². The van der Waals surface area contributed by atoms with E-state index in [0.29, 0.717) is 0 Å². The van der Waals surface area contributed by atoms with Crippen LogP contribution in [0.15, 0.2) is 34.9 Å². The lowest BCUT2D eigenvalue weighted by Crippen LogP contribution is -2.15. The Morgan fingerprint density at radius 3 is 2.89 bits per heavy atom. The van der Waals surface area contributed by atoms with Crippen LogP contribution in [0.5, 0.6) is 0 Å². The van der Waals surface area contributed by atoms with Crippen molar-refractivity contribution in [3.8, 4) is 0 Å². The molecular weight excluding hydrogens is 306 g/mol. The van der Waals surface area contributed by atoms with Gasteiger partial charge in [0.15, 0.2) is 0 Å². The second-order valence-corrected chi connectivity index (χ2v) is 5.36. The first-order valence-corrected chi connectivity index (χ1v) is 7.08. The highest BCUT2D eigenvalue weighted by Crippen LogP contribution is 2.24. The van der Waals surface area contributed by atoms with E-state index >= 15 is 0 Å². The van der Waals surface area contributed by atoms with E-state index in [4.69, 9.17) is 0 Å². The monoisotopic (exact) mass is 323 g/mol. The molecule has 0 amide bonds. The highest BCUT2D eigenvalue weighted by Gasteiger charge is 2.17. The van der Waals surface area contributed by atoms with E-state index in [0.717, 1.165) is 27.8 Å². The quantitative estimate of drug-likeness (QED) is 0.889. The van der Waals surface area contributed by atoms with Gasteiger partial charge in [0.25, 0.3) is 0 Å². The number of nitrogens with one attached hydrogen (secondary N) is 1. The lowest BCUT2D eigenvalue weighted by Gasteiger charge is -2.17. The number of halogens is 1. The zero-order valence-corrected chi connectivity index (χ0v) is 12.7. The van der Waals surface area contributed by atoms with Gasteiger partial charge in [0, 0.05) is 29.0 Å². The standard InChI is InChI=1S/C14H18BrN3O/c1-3-13-12(8-18(2)17-13)14(9-19)16-11-6-4-5-10(15)7-11/h4-8,14,16,19H,3,9H2,1-2H3. The van der Waals surface area contributed by atoms with Crippen molar-refractivity contribution in [3.63, 3.8) is 0 Å². The number of anilines is 1. The largest absolute Gasteiger partial charge is 0.394 e. The fraction of sp³-hybridized carbons (Fsp3) is 0.357. The van der Waals surface area contributed by atoms with Gasteiger partial charge in [0.2, 0.25) is 0 Å². The van der Waals surface area contributed by atoms with Crippen LogP contribution in [0.1, 0.15) is 24.2 Å². The fourth-order valence-corrected chi connectivity index (χ4v) is 2.52. The van der Waals surface area contributed by atoms with Gasteiger partial charge in [0.05, 0.1) is 18.3 Å². The van der Waals surface area contributed by atoms with E-state index in [1.165, 1.54) is 0 Å². The molecule has 0 bridgehead atoms. The number of aliphatic hydroxyl groups excluding tert-OH is 1. The van der Waals surface area contributed by atoms with Crippen LogP contribution in [0.25, 0.3) is 0 Å². The van der Waals surface area contributed by atoms with Crippen LogP contribution < -0.4 is 5.32 Å². The molecule has 0 aliphatic rings. The molecule has 102 valence electrons. The second-order valence-electron chi connectivity index (χ2n) is 4.45. The summed E-state index contributed by atoms with van der Waals surface area (Å²) in [5.74, 6) is 0. The van der Waals surface area contributed by atoms with Crippen molar-refractivity contribution in [2.24, 2.45) is 7.05 Å². The van der Waals surface area contributed by atoms with E-state index in [1.54, 1.807) is 4.68 Å². The summed E-state index contributed by atoms with van der Waals surface area (Å²) in [7, 11) is 1.90. The molecule has 2 aromatic rings.